The van der Waals surface area contributed by atoms with Crippen molar-refractivity contribution in [3.05, 3.63) is 24.0 Å². The van der Waals surface area contributed by atoms with E-state index in [2.05, 4.69) is 25.3 Å². The number of anilines is 1. The molecule has 1 aliphatic carbocycles. The van der Waals surface area contributed by atoms with Gasteiger partial charge in [0.15, 0.2) is 0 Å². The molecule has 1 aromatic carbocycles. The van der Waals surface area contributed by atoms with Gasteiger partial charge in [-0.3, -0.25) is 4.31 Å². The Labute approximate surface area is 178 Å². The lowest BCUT2D eigenvalue weighted by Gasteiger charge is -2.30. The van der Waals surface area contributed by atoms with Gasteiger partial charge in [-0.2, -0.15) is 12.7 Å². The summed E-state index contributed by atoms with van der Waals surface area (Å²) in [5.41, 5.74) is 1.90. The lowest BCUT2D eigenvalue weighted by Crippen LogP contribution is -2.37. The van der Waals surface area contributed by atoms with E-state index in [1.165, 1.54) is 25.4 Å². The summed E-state index contributed by atoms with van der Waals surface area (Å²) in [6.45, 7) is 6.86. The summed E-state index contributed by atoms with van der Waals surface area (Å²) in [6.07, 6.45) is 0.870. The molecule has 1 aromatic heterocycles. The molecule has 1 heterocycles. The molecular formula is C21H32F2N4O2S. The van der Waals surface area contributed by atoms with Gasteiger partial charge in [-0.25, -0.2) is 13.8 Å². The molecule has 2 aromatic rings. The molecule has 6 nitrogen and oxygen atoms in total. The summed E-state index contributed by atoms with van der Waals surface area (Å²) < 4.78 is 56.6. The smallest absolute Gasteiger partial charge is 0.303 e. The topological polar surface area (TPSA) is 58.4 Å². The van der Waals surface area contributed by atoms with E-state index in [1.54, 1.807) is 12.1 Å². The van der Waals surface area contributed by atoms with Crippen LogP contribution in [0.25, 0.3) is 11.0 Å². The van der Waals surface area contributed by atoms with Crippen LogP contribution in [-0.4, -0.2) is 49.3 Å². The van der Waals surface area contributed by atoms with Crippen LogP contribution in [0.3, 0.4) is 0 Å². The van der Waals surface area contributed by atoms with Crippen LogP contribution >= 0.6 is 0 Å². The number of hydrogen-bond acceptors (Lipinski definition) is 3. The second kappa shape index (κ2) is 7.75. The first-order valence-corrected chi connectivity index (χ1v) is 11.7. The van der Waals surface area contributed by atoms with Crippen molar-refractivity contribution < 1.29 is 17.2 Å². The summed E-state index contributed by atoms with van der Waals surface area (Å²) in [6, 6.07) is 5.42. The van der Waals surface area contributed by atoms with Gasteiger partial charge in [0.25, 0.3) is 0 Å². The van der Waals surface area contributed by atoms with Crippen molar-refractivity contribution in [3.63, 3.8) is 0 Å². The lowest BCUT2D eigenvalue weighted by molar-refractivity contribution is -0.0473. The zero-order valence-corrected chi connectivity index (χ0v) is 19.4. The van der Waals surface area contributed by atoms with E-state index >= 15 is 0 Å². The van der Waals surface area contributed by atoms with Crippen molar-refractivity contribution in [3.8, 4) is 0 Å². The van der Waals surface area contributed by atoms with Crippen molar-refractivity contribution in [2.75, 3.05) is 25.4 Å². The normalized spacial score (nSPS) is 18.3. The molecule has 0 spiro atoms. The van der Waals surface area contributed by atoms with Gasteiger partial charge in [0.2, 0.25) is 5.92 Å². The largest absolute Gasteiger partial charge is 0.327 e. The first kappa shape index (κ1) is 22.9. The van der Waals surface area contributed by atoms with Gasteiger partial charge < -0.3 is 4.57 Å². The number of benzene rings is 1. The Kier molecular flexibility index (Phi) is 5.92. The highest BCUT2D eigenvalue weighted by molar-refractivity contribution is 7.90. The predicted molar refractivity (Wildman–Crippen MR) is 116 cm³/mol. The molecule has 3 rings (SSSR count). The molecule has 0 atom stereocenters. The van der Waals surface area contributed by atoms with Crippen LogP contribution in [0.15, 0.2) is 18.2 Å². The summed E-state index contributed by atoms with van der Waals surface area (Å²) in [7, 11) is 0.892. The number of imidazole rings is 1. The van der Waals surface area contributed by atoms with E-state index in [1.807, 2.05) is 6.07 Å². The van der Waals surface area contributed by atoms with Crippen LogP contribution in [0.1, 0.15) is 52.3 Å². The maximum Gasteiger partial charge on any atom is 0.303 e. The van der Waals surface area contributed by atoms with Crippen LogP contribution in [0.5, 0.6) is 0 Å². The Balaban J connectivity index is 2.00. The van der Waals surface area contributed by atoms with Crippen LogP contribution in [0.4, 0.5) is 14.5 Å². The fourth-order valence-electron chi connectivity index (χ4n) is 3.99. The Hall–Kier alpha value is -1.74. The SMILES string of the molecule is CN(C)S(=O)(=O)N(C)c1ccc2c(c1)nc(C(C)(C)C)n2CC1CCC(F)(F)CC1. The zero-order valence-electron chi connectivity index (χ0n) is 18.6. The van der Waals surface area contributed by atoms with Crippen LogP contribution in [-0.2, 0) is 22.2 Å². The van der Waals surface area contributed by atoms with Crippen molar-refractivity contribution >= 4 is 26.9 Å². The Bertz CT molecular complexity index is 1020. The molecule has 0 unspecified atom stereocenters. The maximum atomic E-state index is 13.6. The molecule has 1 fully saturated rings. The third-order valence-corrected chi connectivity index (χ3v) is 7.68. The number of alkyl halides is 2. The molecule has 1 saturated carbocycles. The minimum atomic E-state index is -3.60. The molecule has 168 valence electrons. The molecule has 0 N–H and O–H groups in total. The molecule has 1 aliphatic rings. The number of hydrogen-bond donors (Lipinski definition) is 0. The fourth-order valence-corrected chi connectivity index (χ4v) is 4.86. The first-order valence-electron chi connectivity index (χ1n) is 10.3. The van der Waals surface area contributed by atoms with Gasteiger partial charge in [0, 0.05) is 45.9 Å². The number of halogens is 2. The van der Waals surface area contributed by atoms with Gasteiger partial charge in [-0.15, -0.1) is 0 Å². The van der Waals surface area contributed by atoms with E-state index in [4.69, 9.17) is 4.98 Å². The van der Waals surface area contributed by atoms with Gasteiger partial charge in [-0.05, 0) is 37.0 Å². The highest BCUT2D eigenvalue weighted by Gasteiger charge is 2.36. The van der Waals surface area contributed by atoms with Crippen molar-refractivity contribution in [2.24, 2.45) is 5.92 Å². The molecule has 0 aliphatic heterocycles. The summed E-state index contributed by atoms with van der Waals surface area (Å²) in [5, 5.41) is 0. The van der Waals surface area contributed by atoms with E-state index < -0.39 is 16.1 Å². The Morgan fingerprint density at radius 3 is 2.30 bits per heavy atom. The molecule has 30 heavy (non-hydrogen) atoms. The first-order chi connectivity index (χ1) is 13.7. The minimum Gasteiger partial charge on any atom is -0.327 e. The molecule has 9 heteroatoms. The molecular weight excluding hydrogens is 410 g/mol. The fraction of sp³-hybridized carbons (Fsp3) is 0.667. The zero-order chi connectivity index (χ0) is 22.5. The number of aromatic nitrogens is 2. The average molecular weight is 443 g/mol. The van der Waals surface area contributed by atoms with Gasteiger partial charge in [0.1, 0.15) is 5.82 Å². The van der Waals surface area contributed by atoms with Crippen LogP contribution in [0.2, 0.25) is 0 Å². The Morgan fingerprint density at radius 2 is 1.77 bits per heavy atom. The maximum absolute atomic E-state index is 13.6. The van der Waals surface area contributed by atoms with Crippen molar-refractivity contribution in [2.45, 2.75) is 64.3 Å². The second-order valence-corrected chi connectivity index (χ2v) is 11.7. The number of nitrogens with zero attached hydrogens (tertiary/aromatic N) is 4. The highest BCUT2D eigenvalue weighted by atomic mass is 32.2. The van der Waals surface area contributed by atoms with E-state index in [-0.39, 0.29) is 24.2 Å². The average Bonchev–Trinajstić information content (AvgIpc) is 3.00. The third kappa shape index (κ3) is 4.46. The molecule has 0 radical (unpaired) electrons. The van der Waals surface area contributed by atoms with Gasteiger partial charge >= 0.3 is 10.2 Å². The minimum absolute atomic E-state index is 0.0630. The van der Waals surface area contributed by atoms with E-state index in [9.17, 15) is 17.2 Å². The van der Waals surface area contributed by atoms with E-state index in [0.29, 0.717) is 30.6 Å². The third-order valence-electron chi connectivity index (χ3n) is 5.85. The highest BCUT2D eigenvalue weighted by Crippen LogP contribution is 2.38. The van der Waals surface area contributed by atoms with Gasteiger partial charge in [-0.1, -0.05) is 20.8 Å². The van der Waals surface area contributed by atoms with Crippen LogP contribution in [0, 0.1) is 5.92 Å². The molecule has 0 bridgehead atoms. The van der Waals surface area contributed by atoms with Gasteiger partial charge in [0.05, 0.1) is 16.7 Å². The summed E-state index contributed by atoms with van der Waals surface area (Å²) >= 11 is 0. The number of rotatable bonds is 5. The predicted octanol–water partition coefficient (Wildman–Crippen LogP) is 4.40. The quantitative estimate of drug-likeness (QED) is 0.690. The standard InChI is InChI=1S/C21H32F2N4O2S/c1-20(2,3)19-24-17-13-16(26(6)30(28,29)25(4)5)7-8-18(17)27(19)14-15-9-11-21(22,23)12-10-15/h7-8,13,15H,9-12,14H2,1-6H3. The summed E-state index contributed by atoms with van der Waals surface area (Å²) in [4.78, 5) is 4.83. The second-order valence-electron chi connectivity index (χ2n) is 9.53. The van der Waals surface area contributed by atoms with Crippen molar-refractivity contribution in [1.82, 2.24) is 13.9 Å². The van der Waals surface area contributed by atoms with E-state index in [0.717, 1.165) is 15.6 Å². The molecule has 0 saturated heterocycles. The summed E-state index contributed by atoms with van der Waals surface area (Å²) in [5.74, 6) is -1.48. The van der Waals surface area contributed by atoms with Crippen LogP contribution < -0.4 is 4.31 Å². The number of fused-ring (bicyclic) bond motifs is 1. The van der Waals surface area contributed by atoms with Crippen molar-refractivity contribution in [1.29, 1.82) is 0 Å². The Morgan fingerprint density at radius 1 is 1.17 bits per heavy atom. The monoisotopic (exact) mass is 442 g/mol. The molecule has 0 amide bonds. The lowest BCUT2D eigenvalue weighted by atomic mass is 9.86.